The second-order valence-electron chi connectivity index (χ2n) is 3.39. The number of nitrogens with zero attached hydrogens (tertiary/aromatic N) is 1. The van der Waals surface area contributed by atoms with Crippen LogP contribution in [0.4, 0.5) is 18.9 Å². The van der Waals surface area contributed by atoms with E-state index < -0.39 is 5.51 Å². The van der Waals surface area contributed by atoms with E-state index in [9.17, 15) is 13.2 Å². The molecule has 0 aliphatic rings. The molecule has 0 atom stereocenters. The van der Waals surface area contributed by atoms with Crippen molar-refractivity contribution in [2.24, 2.45) is 0 Å². The standard InChI is InChI=1S/C11H9F3N2S2/c12-11(13,14)18-9-3-1-8(2-4-9)16-6-10-5-15-7-17-10/h1-5,7,16H,6H2. The summed E-state index contributed by atoms with van der Waals surface area (Å²) < 4.78 is 36.4. The van der Waals surface area contributed by atoms with Crippen LogP contribution in [-0.2, 0) is 6.54 Å². The minimum absolute atomic E-state index is 0.110. The Morgan fingerprint density at radius 3 is 2.50 bits per heavy atom. The number of anilines is 1. The highest BCUT2D eigenvalue weighted by molar-refractivity contribution is 8.00. The molecule has 7 heteroatoms. The Morgan fingerprint density at radius 2 is 1.94 bits per heavy atom. The molecule has 0 radical (unpaired) electrons. The minimum Gasteiger partial charge on any atom is -0.380 e. The fourth-order valence-corrected chi connectivity index (χ4v) is 2.37. The Hall–Kier alpha value is -1.21. The summed E-state index contributed by atoms with van der Waals surface area (Å²) in [7, 11) is 0. The second kappa shape index (κ2) is 5.62. The van der Waals surface area contributed by atoms with Gasteiger partial charge in [0.15, 0.2) is 0 Å². The van der Waals surface area contributed by atoms with Crippen molar-refractivity contribution in [1.29, 1.82) is 0 Å². The lowest BCUT2D eigenvalue weighted by molar-refractivity contribution is -0.0328. The number of hydrogen-bond acceptors (Lipinski definition) is 4. The zero-order chi connectivity index (χ0) is 13.0. The highest BCUT2D eigenvalue weighted by Crippen LogP contribution is 2.37. The number of thioether (sulfide) groups is 1. The van der Waals surface area contributed by atoms with Crippen LogP contribution in [0.5, 0.6) is 0 Å². The maximum atomic E-state index is 12.1. The van der Waals surface area contributed by atoms with E-state index in [4.69, 9.17) is 0 Å². The van der Waals surface area contributed by atoms with E-state index in [0.29, 0.717) is 6.54 Å². The van der Waals surface area contributed by atoms with Gasteiger partial charge in [-0.1, -0.05) is 0 Å². The number of benzene rings is 1. The number of aromatic nitrogens is 1. The molecule has 0 fully saturated rings. The molecule has 0 saturated carbocycles. The van der Waals surface area contributed by atoms with E-state index in [1.165, 1.54) is 23.5 Å². The van der Waals surface area contributed by atoms with Gasteiger partial charge in [-0.3, -0.25) is 4.98 Å². The third-order valence-electron chi connectivity index (χ3n) is 2.04. The Bertz CT molecular complexity index is 480. The Balaban J connectivity index is 1.91. The van der Waals surface area contributed by atoms with E-state index in [0.717, 1.165) is 10.6 Å². The lowest BCUT2D eigenvalue weighted by Crippen LogP contribution is -2.00. The van der Waals surface area contributed by atoms with Gasteiger partial charge >= 0.3 is 5.51 Å². The van der Waals surface area contributed by atoms with E-state index in [1.54, 1.807) is 23.8 Å². The molecule has 0 saturated heterocycles. The van der Waals surface area contributed by atoms with Crippen molar-refractivity contribution < 1.29 is 13.2 Å². The van der Waals surface area contributed by atoms with Crippen molar-refractivity contribution in [3.05, 3.63) is 40.8 Å². The van der Waals surface area contributed by atoms with Gasteiger partial charge in [0, 0.05) is 21.7 Å². The number of thiazole rings is 1. The number of rotatable bonds is 4. The SMILES string of the molecule is FC(F)(F)Sc1ccc(NCc2cncs2)cc1. The molecule has 0 bridgehead atoms. The second-order valence-corrected chi connectivity index (χ2v) is 5.50. The molecule has 0 amide bonds. The highest BCUT2D eigenvalue weighted by atomic mass is 32.2. The van der Waals surface area contributed by atoms with Crippen molar-refractivity contribution in [3.8, 4) is 0 Å². The van der Waals surface area contributed by atoms with Gasteiger partial charge in [-0.05, 0) is 36.0 Å². The summed E-state index contributed by atoms with van der Waals surface area (Å²) in [5.74, 6) is 0. The number of halogens is 3. The van der Waals surface area contributed by atoms with E-state index in [2.05, 4.69) is 10.3 Å². The summed E-state index contributed by atoms with van der Waals surface area (Å²) >= 11 is 1.42. The molecule has 2 aromatic rings. The molecule has 2 rings (SSSR count). The molecule has 0 unspecified atom stereocenters. The van der Waals surface area contributed by atoms with Crippen LogP contribution in [0.1, 0.15) is 4.88 Å². The predicted molar refractivity (Wildman–Crippen MR) is 67.8 cm³/mol. The first-order valence-electron chi connectivity index (χ1n) is 5.00. The Labute approximate surface area is 110 Å². The quantitative estimate of drug-likeness (QED) is 0.846. The van der Waals surface area contributed by atoms with E-state index >= 15 is 0 Å². The summed E-state index contributed by atoms with van der Waals surface area (Å²) in [6, 6.07) is 6.17. The first-order valence-corrected chi connectivity index (χ1v) is 6.69. The van der Waals surface area contributed by atoms with Crippen molar-refractivity contribution in [1.82, 2.24) is 4.98 Å². The van der Waals surface area contributed by atoms with Crippen LogP contribution in [-0.4, -0.2) is 10.5 Å². The number of nitrogens with one attached hydrogen (secondary N) is 1. The van der Waals surface area contributed by atoms with E-state index in [-0.39, 0.29) is 16.7 Å². The maximum absolute atomic E-state index is 12.1. The molecular weight excluding hydrogens is 281 g/mol. The molecule has 0 aliphatic heterocycles. The van der Waals surface area contributed by atoms with Gasteiger partial charge in [0.05, 0.1) is 12.1 Å². The normalized spacial score (nSPS) is 11.5. The molecular formula is C11H9F3N2S2. The van der Waals surface area contributed by atoms with Crippen LogP contribution in [0, 0.1) is 0 Å². The van der Waals surface area contributed by atoms with Crippen LogP contribution in [0.2, 0.25) is 0 Å². The fraction of sp³-hybridized carbons (Fsp3) is 0.182. The number of alkyl halides is 3. The highest BCUT2D eigenvalue weighted by Gasteiger charge is 2.28. The summed E-state index contributed by atoms with van der Waals surface area (Å²) in [5, 5.41) is 3.12. The van der Waals surface area contributed by atoms with Crippen molar-refractivity contribution in [2.45, 2.75) is 16.9 Å². The molecule has 2 nitrogen and oxygen atoms in total. The first kappa shape index (κ1) is 13.2. The average Bonchev–Trinajstić information content (AvgIpc) is 2.79. The maximum Gasteiger partial charge on any atom is 0.446 e. The monoisotopic (exact) mass is 290 g/mol. The lowest BCUT2D eigenvalue weighted by atomic mass is 10.3. The zero-order valence-electron chi connectivity index (χ0n) is 9.07. The van der Waals surface area contributed by atoms with E-state index in [1.807, 2.05) is 0 Å². The summed E-state index contributed by atoms with van der Waals surface area (Å²) in [6.07, 6.45) is 1.76. The van der Waals surface area contributed by atoms with Crippen LogP contribution in [0.3, 0.4) is 0 Å². The third kappa shape index (κ3) is 4.23. The van der Waals surface area contributed by atoms with Crippen LogP contribution in [0.15, 0.2) is 40.9 Å². The zero-order valence-corrected chi connectivity index (χ0v) is 10.7. The molecule has 1 heterocycles. The summed E-state index contributed by atoms with van der Waals surface area (Å²) in [4.78, 5) is 5.20. The van der Waals surface area contributed by atoms with Gasteiger partial charge in [0.1, 0.15) is 0 Å². The summed E-state index contributed by atoms with van der Waals surface area (Å²) in [6.45, 7) is 0.621. The van der Waals surface area contributed by atoms with Crippen LogP contribution < -0.4 is 5.32 Å². The van der Waals surface area contributed by atoms with Gasteiger partial charge in [0.25, 0.3) is 0 Å². The molecule has 1 aromatic carbocycles. The smallest absolute Gasteiger partial charge is 0.380 e. The Kier molecular flexibility index (Phi) is 4.13. The third-order valence-corrected chi connectivity index (χ3v) is 3.56. The van der Waals surface area contributed by atoms with Gasteiger partial charge in [-0.15, -0.1) is 11.3 Å². The minimum atomic E-state index is -4.24. The van der Waals surface area contributed by atoms with Crippen LogP contribution >= 0.6 is 23.1 Å². The first-order chi connectivity index (χ1) is 8.53. The van der Waals surface area contributed by atoms with Gasteiger partial charge in [-0.2, -0.15) is 13.2 Å². The summed E-state index contributed by atoms with van der Waals surface area (Å²) in [5.41, 5.74) is -1.72. The van der Waals surface area contributed by atoms with Crippen molar-refractivity contribution in [2.75, 3.05) is 5.32 Å². The van der Waals surface area contributed by atoms with Gasteiger partial charge in [0.2, 0.25) is 0 Å². The molecule has 1 aromatic heterocycles. The van der Waals surface area contributed by atoms with Crippen molar-refractivity contribution in [3.63, 3.8) is 0 Å². The topological polar surface area (TPSA) is 24.9 Å². The lowest BCUT2D eigenvalue weighted by Gasteiger charge is -2.07. The molecule has 0 spiro atoms. The number of hydrogen-bond donors (Lipinski definition) is 1. The molecule has 18 heavy (non-hydrogen) atoms. The average molecular weight is 290 g/mol. The molecule has 1 N–H and O–H groups in total. The predicted octanol–water partition coefficient (Wildman–Crippen LogP) is 4.37. The fourth-order valence-electron chi connectivity index (χ4n) is 1.29. The van der Waals surface area contributed by atoms with Gasteiger partial charge in [-0.25, -0.2) is 0 Å². The van der Waals surface area contributed by atoms with Gasteiger partial charge < -0.3 is 5.32 Å². The van der Waals surface area contributed by atoms with Crippen molar-refractivity contribution >= 4 is 28.8 Å². The largest absolute Gasteiger partial charge is 0.446 e. The Morgan fingerprint density at radius 1 is 1.22 bits per heavy atom. The molecule has 96 valence electrons. The molecule has 0 aliphatic carbocycles. The van der Waals surface area contributed by atoms with Crippen LogP contribution in [0.25, 0.3) is 0 Å².